The second-order valence-electron chi connectivity index (χ2n) is 6.26. The third-order valence-electron chi connectivity index (χ3n) is 4.09. The number of carbonyl (C=O) groups excluding carboxylic acids is 1. The van der Waals surface area contributed by atoms with Gasteiger partial charge in [-0.25, -0.2) is 4.79 Å². The number of benzene rings is 2. The molecule has 1 aromatic heterocycles. The Morgan fingerprint density at radius 3 is 2.59 bits per heavy atom. The van der Waals surface area contributed by atoms with Gasteiger partial charge in [0.25, 0.3) is 0 Å². The maximum absolute atomic E-state index is 12.0. The Labute approximate surface area is 161 Å². The number of rotatable bonds is 6. The molecule has 1 heterocycles. The van der Waals surface area contributed by atoms with Crippen molar-refractivity contribution in [3.8, 4) is 5.75 Å². The van der Waals surface area contributed by atoms with Crippen LogP contribution in [-0.2, 0) is 16.1 Å². The first kappa shape index (κ1) is 19.0. The molecule has 0 aliphatic rings. The van der Waals surface area contributed by atoms with Gasteiger partial charge < -0.3 is 13.9 Å². The third kappa shape index (κ3) is 4.89. The predicted octanol–water partition coefficient (Wildman–Crippen LogP) is 4.58. The molecule has 0 fully saturated rings. The number of hydrogen-bond donors (Lipinski definition) is 0. The van der Waals surface area contributed by atoms with Gasteiger partial charge in [-0.1, -0.05) is 29.3 Å². The summed E-state index contributed by atoms with van der Waals surface area (Å²) in [5.41, 5.74) is 2.40. The maximum Gasteiger partial charge on any atom is 0.336 e. The fourth-order valence-electron chi connectivity index (χ4n) is 2.58. The SMILES string of the molecule is Cc1ccc(OCCC(=O)OCc2cc(=O)oc3cc(C)c(Cl)cc23)cc1. The van der Waals surface area contributed by atoms with Crippen LogP contribution in [0, 0.1) is 13.8 Å². The van der Waals surface area contributed by atoms with Crippen molar-refractivity contribution < 1.29 is 18.7 Å². The van der Waals surface area contributed by atoms with Crippen LogP contribution in [0.2, 0.25) is 5.02 Å². The lowest BCUT2D eigenvalue weighted by atomic mass is 10.1. The van der Waals surface area contributed by atoms with Gasteiger partial charge in [-0.3, -0.25) is 4.79 Å². The van der Waals surface area contributed by atoms with E-state index in [1.807, 2.05) is 38.1 Å². The number of fused-ring (bicyclic) bond motifs is 1. The van der Waals surface area contributed by atoms with E-state index in [1.54, 1.807) is 12.1 Å². The highest BCUT2D eigenvalue weighted by atomic mass is 35.5. The topological polar surface area (TPSA) is 65.7 Å². The lowest BCUT2D eigenvalue weighted by molar-refractivity contribution is -0.145. The van der Waals surface area contributed by atoms with Gasteiger partial charge in [0.1, 0.15) is 17.9 Å². The van der Waals surface area contributed by atoms with Crippen LogP contribution in [0.4, 0.5) is 0 Å². The van der Waals surface area contributed by atoms with Crippen LogP contribution < -0.4 is 10.4 Å². The van der Waals surface area contributed by atoms with Gasteiger partial charge in [-0.05, 0) is 43.7 Å². The van der Waals surface area contributed by atoms with Gasteiger partial charge in [-0.2, -0.15) is 0 Å². The maximum atomic E-state index is 12.0. The molecular weight excluding hydrogens is 368 g/mol. The summed E-state index contributed by atoms with van der Waals surface area (Å²) in [5, 5.41) is 1.20. The van der Waals surface area contributed by atoms with Crippen LogP contribution in [0.1, 0.15) is 23.1 Å². The summed E-state index contributed by atoms with van der Waals surface area (Å²) in [5.74, 6) is 0.284. The standard InChI is InChI=1S/C21H19ClO5/c1-13-3-5-16(6-4-13)25-8-7-20(23)26-12-15-10-21(24)27-19-9-14(2)18(22)11-17(15)19/h3-6,9-11H,7-8,12H2,1-2H3. The molecule has 140 valence electrons. The molecule has 5 nitrogen and oxygen atoms in total. The molecule has 0 spiro atoms. The third-order valence-corrected chi connectivity index (χ3v) is 4.50. The molecular formula is C21H19ClO5. The van der Waals surface area contributed by atoms with Crippen molar-refractivity contribution in [1.82, 2.24) is 0 Å². The van der Waals surface area contributed by atoms with Gasteiger partial charge >= 0.3 is 11.6 Å². The van der Waals surface area contributed by atoms with Crippen molar-refractivity contribution >= 4 is 28.5 Å². The van der Waals surface area contributed by atoms with Crippen LogP contribution in [0.15, 0.2) is 51.7 Å². The summed E-state index contributed by atoms with van der Waals surface area (Å²) in [7, 11) is 0. The molecule has 27 heavy (non-hydrogen) atoms. The Balaban J connectivity index is 1.60. The number of hydrogen-bond acceptors (Lipinski definition) is 5. The fraction of sp³-hybridized carbons (Fsp3) is 0.238. The largest absolute Gasteiger partial charge is 0.493 e. The zero-order valence-corrected chi connectivity index (χ0v) is 15.8. The number of aryl methyl sites for hydroxylation is 2. The monoisotopic (exact) mass is 386 g/mol. The van der Waals surface area contributed by atoms with E-state index in [0.29, 0.717) is 27.3 Å². The minimum Gasteiger partial charge on any atom is -0.493 e. The molecule has 0 amide bonds. The Morgan fingerprint density at radius 1 is 1.11 bits per heavy atom. The molecule has 0 bridgehead atoms. The Kier molecular flexibility index (Phi) is 5.81. The number of ether oxygens (including phenoxy) is 2. The van der Waals surface area contributed by atoms with Crippen molar-refractivity contribution in [3.63, 3.8) is 0 Å². The van der Waals surface area contributed by atoms with Gasteiger partial charge in [-0.15, -0.1) is 0 Å². The summed E-state index contributed by atoms with van der Waals surface area (Å²) in [6.45, 7) is 3.99. The van der Waals surface area contributed by atoms with Gasteiger partial charge in [0.2, 0.25) is 0 Å². The van der Waals surface area contributed by atoms with E-state index >= 15 is 0 Å². The normalized spacial score (nSPS) is 10.8. The van der Waals surface area contributed by atoms with Crippen LogP contribution in [-0.4, -0.2) is 12.6 Å². The highest BCUT2D eigenvalue weighted by Crippen LogP contribution is 2.25. The first-order valence-corrected chi connectivity index (χ1v) is 8.88. The van der Waals surface area contributed by atoms with E-state index in [9.17, 15) is 9.59 Å². The average molecular weight is 387 g/mol. The molecule has 0 saturated carbocycles. The number of carbonyl (C=O) groups is 1. The summed E-state index contributed by atoms with van der Waals surface area (Å²) in [6, 6.07) is 12.3. The quantitative estimate of drug-likeness (QED) is 0.458. The smallest absolute Gasteiger partial charge is 0.336 e. The van der Waals surface area contributed by atoms with Crippen LogP contribution in [0.5, 0.6) is 5.75 Å². The van der Waals surface area contributed by atoms with Crippen molar-refractivity contribution in [3.05, 3.63) is 74.6 Å². The van der Waals surface area contributed by atoms with E-state index in [-0.39, 0.29) is 19.6 Å². The average Bonchev–Trinajstić information content (AvgIpc) is 2.63. The molecule has 0 unspecified atom stereocenters. The number of halogens is 1. The van der Waals surface area contributed by atoms with Crippen LogP contribution in [0.3, 0.4) is 0 Å². The van der Waals surface area contributed by atoms with Gasteiger partial charge in [0.15, 0.2) is 0 Å². The summed E-state index contributed by atoms with van der Waals surface area (Å²) < 4.78 is 16.0. The molecule has 0 N–H and O–H groups in total. The molecule has 3 aromatic rings. The molecule has 3 rings (SSSR count). The molecule has 2 aromatic carbocycles. The molecule has 0 radical (unpaired) electrons. The van der Waals surface area contributed by atoms with E-state index in [4.69, 9.17) is 25.5 Å². The van der Waals surface area contributed by atoms with E-state index < -0.39 is 11.6 Å². The first-order valence-electron chi connectivity index (χ1n) is 8.50. The Bertz CT molecular complexity index is 1020. The van der Waals surface area contributed by atoms with Gasteiger partial charge in [0, 0.05) is 22.0 Å². The Hall–Kier alpha value is -2.79. The van der Waals surface area contributed by atoms with Gasteiger partial charge in [0.05, 0.1) is 13.0 Å². The van der Waals surface area contributed by atoms with Crippen LogP contribution >= 0.6 is 11.6 Å². The zero-order valence-electron chi connectivity index (χ0n) is 15.1. The molecule has 0 atom stereocenters. The molecule has 0 saturated heterocycles. The highest BCUT2D eigenvalue weighted by molar-refractivity contribution is 6.32. The molecule has 0 aliphatic carbocycles. The lowest BCUT2D eigenvalue weighted by Crippen LogP contribution is -2.11. The van der Waals surface area contributed by atoms with E-state index in [2.05, 4.69) is 0 Å². The van der Waals surface area contributed by atoms with Crippen molar-refractivity contribution in [2.45, 2.75) is 26.9 Å². The van der Waals surface area contributed by atoms with Crippen molar-refractivity contribution in [2.75, 3.05) is 6.61 Å². The summed E-state index contributed by atoms with van der Waals surface area (Å²) in [4.78, 5) is 23.7. The Morgan fingerprint density at radius 2 is 1.85 bits per heavy atom. The minimum atomic E-state index is -0.502. The van der Waals surface area contributed by atoms with Crippen molar-refractivity contribution in [2.24, 2.45) is 0 Å². The molecule has 6 heteroatoms. The van der Waals surface area contributed by atoms with E-state index in [1.165, 1.54) is 6.07 Å². The fourth-order valence-corrected chi connectivity index (χ4v) is 2.75. The second kappa shape index (κ2) is 8.27. The van der Waals surface area contributed by atoms with E-state index in [0.717, 1.165) is 11.1 Å². The second-order valence-corrected chi connectivity index (χ2v) is 6.67. The highest BCUT2D eigenvalue weighted by Gasteiger charge is 2.11. The first-order chi connectivity index (χ1) is 12.9. The summed E-state index contributed by atoms with van der Waals surface area (Å²) in [6.07, 6.45) is 0.104. The predicted molar refractivity (Wildman–Crippen MR) is 103 cm³/mol. The lowest BCUT2D eigenvalue weighted by Gasteiger charge is -2.09. The molecule has 0 aliphatic heterocycles. The number of esters is 1. The summed E-state index contributed by atoms with van der Waals surface area (Å²) >= 11 is 6.15. The van der Waals surface area contributed by atoms with Crippen molar-refractivity contribution in [1.29, 1.82) is 0 Å². The minimum absolute atomic E-state index is 0.0369. The zero-order chi connectivity index (χ0) is 19.4. The van der Waals surface area contributed by atoms with Crippen LogP contribution in [0.25, 0.3) is 11.0 Å².